The van der Waals surface area contributed by atoms with Gasteiger partial charge >= 0.3 is 5.97 Å². The maximum Gasteiger partial charge on any atom is 0.308 e. The van der Waals surface area contributed by atoms with Gasteiger partial charge in [-0.2, -0.15) is 0 Å². The smallest absolute Gasteiger partial charge is 0.308 e. The van der Waals surface area contributed by atoms with Gasteiger partial charge < -0.3 is 4.74 Å². The van der Waals surface area contributed by atoms with Crippen molar-refractivity contribution in [3.05, 3.63) is 54.6 Å². The van der Waals surface area contributed by atoms with Gasteiger partial charge in [-0.1, -0.05) is 42.5 Å². The molecular weight excluding hydrogens is 256 g/mol. The van der Waals surface area contributed by atoms with E-state index in [1.54, 1.807) is 11.3 Å². The number of ether oxygens (including phenoxy) is 1. The summed E-state index contributed by atoms with van der Waals surface area (Å²) in [5, 5.41) is 0.988. The van der Waals surface area contributed by atoms with Gasteiger partial charge in [0.1, 0.15) is 0 Å². The van der Waals surface area contributed by atoms with Crippen molar-refractivity contribution in [3.63, 3.8) is 0 Å². The Morgan fingerprint density at radius 3 is 2.42 bits per heavy atom. The Balaban J connectivity index is 2.26. The lowest BCUT2D eigenvalue weighted by molar-refractivity contribution is -0.131. The van der Waals surface area contributed by atoms with Crippen molar-refractivity contribution in [1.29, 1.82) is 0 Å². The highest BCUT2D eigenvalue weighted by Crippen LogP contribution is 2.44. The van der Waals surface area contributed by atoms with Gasteiger partial charge in [-0.15, -0.1) is 11.3 Å². The summed E-state index contributed by atoms with van der Waals surface area (Å²) in [6.07, 6.45) is 0. The summed E-state index contributed by atoms with van der Waals surface area (Å²) in [4.78, 5) is 12.3. The first-order chi connectivity index (χ1) is 9.25. The molecule has 0 aliphatic carbocycles. The largest absolute Gasteiger partial charge is 0.424 e. The highest BCUT2D eigenvalue weighted by molar-refractivity contribution is 7.22. The number of benzene rings is 2. The summed E-state index contributed by atoms with van der Waals surface area (Å²) in [5.74, 6) is 0.375. The fourth-order valence-corrected chi connectivity index (χ4v) is 3.18. The number of thiophene rings is 1. The zero-order chi connectivity index (χ0) is 13.2. The van der Waals surface area contributed by atoms with Crippen LogP contribution in [0.2, 0.25) is 0 Å². The van der Waals surface area contributed by atoms with Gasteiger partial charge in [-0.3, -0.25) is 4.79 Å². The predicted molar refractivity (Wildman–Crippen MR) is 78.6 cm³/mol. The second kappa shape index (κ2) is 4.86. The van der Waals surface area contributed by atoms with Crippen molar-refractivity contribution in [3.8, 4) is 16.2 Å². The lowest BCUT2D eigenvalue weighted by Gasteiger charge is -2.04. The first-order valence-electron chi connectivity index (χ1n) is 6.01. The minimum absolute atomic E-state index is 0.291. The molecule has 2 aromatic carbocycles. The fraction of sp³-hybridized carbons (Fsp3) is 0.0625. The molecule has 0 spiro atoms. The van der Waals surface area contributed by atoms with E-state index in [0.717, 1.165) is 20.5 Å². The van der Waals surface area contributed by atoms with Crippen molar-refractivity contribution < 1.29 is 9.53 Å². The molecule has 1 aromatic heterocycles. The van der Waals surface area contributed by atoms with Gasteiger partial charge in [-0.05, 0) is 17.7 Å². The lowest BCUT2D eigenvalue weighted by atomic mass is 10.1. The van der Waals surface area contributed by atoms with Crippen molar-refractivity contribution in [2.75, 3.05) is 0 Å². The zero-order valence-electron chi connectivity index (χ0n) is 10.4. The van der Waals surface area contributed by atoms with Crippen LogP contribution in [-0.2, 0) is 4.79 Å². The van der Waals surface area contributed by atoms with Crippen LogP contribution < -0.4 is 4.74 Å². The number of rotatable bonds is 2. The quantitative estimate of drug-likeness (QED) is 0.640. The van der Waals surface area contributed by atoms with Crippen LogP contribution in [0.3, 0.4) is 0 Å². The predicted octanol–water partition coefficient (Wildman–Crippen LogP) is 4.49. The number of hydrogen-bond donors (Lipinski definition) is 0. The number of esters is 1. The summed E-state index contributed by atoms with van der Waals surface area (Å²) >= 11 is 1.64. The van der Waals surface area contributed by atoms with Crippen LogP contribution >= 0.6 is 11.3 Å². The number of carbonyl (C=O) groups excluding carboxylic acids is 1. The minimum Gasteiger partial charge on any atom is -0.424 e. The zero-order valence-corrected chi connectivity index (χ0v) is 11.2. The van der Waals surface area contributed by atoms with E-state index in [2.05, 4.69) is 0 Å². The number of fused-ring (bicyclic) bond motifs is 1. The Kier molecular flexibility index (Phi) is 3.05. The van der Waals surface area contributed by atoms with Crippen LogP contribution in [-0.4, -0.2) is 5.97 Å². The lowest BCUT2D eigenvalue weighted by Crippen LogP contribution is -2.01. The monoisotopic (exact) mass is 268 g/mol. The molecule has 0 radical (unpaired) electrons. The van der Waals surface area contributed by atoms with Crippen LogP contribution in [0.5, 0.6) is 5.75 Å². The highest BCUT2D eigenvalue weighted by Gasteiger charge is 2.16. The summed E-state index contributed by atoms with van der Waals surface area (Å²) < 4.78 is 6.55. The topological polar surface area (TPSA) is 26.3 Å². The van der Waals surface area contributed by atoms with Crippen molar-refractivity contribution >= 4 is 27.4 Å². The third-order valence-corrected chi connectivity index (χ3v) is 4.03. The van der Waals surface area contributed by atoms with E-state index in [9.17, 15) is 4.79 Å². The number of hydrogen-bond acceptors (Lipinski definition) is 3. The van der Waals surface area contributed by atoms with E-state index in [-0.39, 0.29) is 5.97 Å². The van der Waals surface area contributed by atoms with Crippen LogP contribution in [0.15, 0.2) is 54.6 Å². The van der Waals surface area contributed by atoms with Crippen LogP contribution in [0.4, 0.5) is 0 Å². The molecule has 94 valence electrons. The molecule has 0 amide bonds. The maximum absolute atomic E-state index is 11.3. The van der Waals surface area contributed by atoms with Crippen molar-refractivity contribution in [2.45, 2.75) is 6.92 Å². The summed E-state index contributed by atoms with van der Waals surface area (Å²) in [6, 6.07) is 18.0. The van der Waals surface area contributed by atoms with Gasteiger partial charge in [0.25, 0.3) is 0 Å². The fourth-order valence-electron chi connectivity index (χ4n) is 2.05. The van der Waals surface area contributed by atoms with Crippen LogP contribution in [0.25, 0.3) is 20.5 Å². The SMILES string of the molecule is CC(=O)Oc1c(-c2ccccc2)sc2ccccc12. The molecule has 0 fully saturated rings. The first kappa shape index (κ1) is 11.9. The van der Waals surface area contributed by atoms with Gasteiger partial charge in [0, 0.05) is 17.0 Å². The molecule has 3 heteroatoms. The van der Waals surface area contributed by atoms with E-state index < -0.39 is 0 Å². The van der Waals surface area contributed by atoms with E-state index in [1.807, 2.05) is 54.6 Å². The summed E-state index contributed by atoms with van der Waals surface area (Å²) in [5.41, 5.74) is 1.07. The average molecular weight is 268 g/mol. The van der Waals surface area contributed by atoms with E-state index in [1.165, 1.54) is 6.92 Å². The molecule has 19 heavy (non-hydrogen) atoms. The van der Waals surface area contributed by atoms with Crippen molar-refractivity contribution in [1.82, 2.24) is 0 Å². The Bertz CT molecular complexity index is 729. The minimum atomic E-state index is -0.291. The van der Waals surface area contributed by atoms with Gasteiger partial charge in [-0.25, -0.2) is 0 Å². The molecule has 0 saturated heterocycles. The molecule has 0 aliphatic rings. The molecule has 1 heterocycles. The summed E-state index contributed by atoms with van der Waals surface area (Å²) in [7, 11) is 0. The molecule has 3 rings (SSSR count). The Morgan fingerprint density at radius 2 is 1.68 bits per heavy atom. The normalized spacial score (nSPS) is 10.6. The molecular formula is C16H12O2S. The standard InChI is InChI=1S/C16H12O2S/c1-11(17)18-15-13-9-5-6-10-14(13)19-16(15)12-7-3-2-4-8-12/h2-10H,1H3. The Labute approximate surface area is 115 Å². The number of carbonyl (C=O) groups is 1. The van der Waals surface area contributed by atoms with Gasteiger partial charge in [0.2, 0.25) is 0 Å². The van der Waals surface area contributed by atoms with E-state index in [0.29, 0.717) is 5.75 Å². The molecule has 0 aliphatic heterocycles. The van der Waals surface area contributed by atoms with Gasteiger partial charge in [0.15, 0.2) is 5.75 Å². The molecule has 0 unspecified atom stereocenters. The van der Waals surface area contributed by atoms with E-state index in [4.69, 9.17) is 4.74 Å². The third kappa shape index (κ3) is 2.25. The van der Waals surface area contributed by atoms with Crippen molar-refractivity contribution in [2.24, 2.45) is 0 Å². The van der Waals surface area contributed by atoms with Crippen LogP contribution in [0, 0.1) is 0 Å². The molecule has 0 N–H and O–H groups in total. The average Bonchev–Trinajstić information content (AvgIpc) is 2.78. The molecule has 0 atom stereocenters. The molecule has 3 aromatic rings. The Morgan fingerprint density at radius 1 is 1.00 bits per heavy atom. The second-order valence-corrected chi connectivity index (χ2v) is 5.27. The summed E-state index contributed by atoms with van der Waals surface area (Å²) in [6.45, 7) is 1.43. The van der Waals surface area contributed by atoms with Gasteiger partial charge in [0.05, 0.1) is 4.88 Å². The molecule has 0 bridgehead atoms. The second-order valence-electron chi connectivity index (χ2n) is 4.22. The van der Waals surface area contributed by atoms with E-state index >= 15 is 0 Å². The molecule has 2 nitrogen and oxygen atoms in total. The molecule has 0 saturated carbocycles. The highest BCUT2D eigenvalue weighted by atomic mass is 32.1. The Hall–Kier alpha value is -2.13. The third-order valence-electron chi connectivity index (χ3n) is 2.83. The van der Waals surface area contributed by atoms with Crippen LogP contribution in [0.1, 0.15) is 6.92 Å². The maximum atomic E-state index is 11.3. The first-order valence-corrected chi connectivity index (χ1v) is 6.83.